The van der Waals surface area contributed by atoms with Crippen LogP contribution in [-0.2, 0) is 25.5 Å². The second kappa shape index (κ2) is 9.48. The van der Waals surface area contributed by atoms with E-state index in [0.29, 0.717) is 32.1 Å². The lowest BCUT2D eigenvalue weighted by molar-refractivity contribution is -0.153. The molecule has 3 saturated heterocycles. The summed E-state index contributed by atoms with van der Waals surface area (Å²) >= 11 is 0. The molecule has 1 aromatic heterocycles. The van der Waals surface area contributed by atoms with Gasteiger partial charge >= 0.3 is 6.03 Å². The molecule has 40 heavy (non-hydrogen) atoms. The molecule has 1 aromatic carbocycles. The van der Waals surface area contributed by atoms with E-state index in [0.717, 1.165) is 0 Å². The first-order valence-electron chi connectivity index (χ1n) is 13.0. The van der Waals surface area contributed by atoms with Crippen LogP contribution >= 0.6 is 0 Å². The van der Waals surface area contributed by atoms with Gasteiger partial charge in [0, 0.05) is 31.6 Å². The van der Waals surface area contributed by atoms with Crippen molar-refractivity contribution >= 4 is 35.1 Å². The maximum absolute atomic E-state index is 16.0. The minimum atomic E-state index is -1.82. The van der Waals surface area contributed by atoms with Gasteiger partial charge in [-0.1, -0.05) is 0 Å². The summed E-state index contributed by atoms with van der Waals surface area (Å²) in [4.78, 5) is 50.9. The second-order valence-corrected chi connectivity index (χ2v) is 10.5. The first-order valence-corrected chi connectivity index (χ1v) is 13.0. The third-order valence-electron chi connectivity index (χ3n) is 8.00. The zero-order valence-corrected chi connectivity index (χ0v) is 21.9. The number of benzene rings is 1. The lowest BCUT2D eigenvalue weighted by Gasteiger charge is -2.55. The number of rotatable bonds is 3. The molecule has 4 aliphatic rings. The number of halogens is 1. The summed E-state index contributed by atoms with van der Waals surface area (Å²) in [6, 6.07) is -0.496. The van der Waals surface area contributed by atoms with E-state index < -0.39 is 47.0 Å². The van der Waals surface area contributed by atoms with Gasteiger partial charge in [-0.15, -0.1) is 0 Å². The van der Waals surface area contributed by atoms with Crippen molar-refractivity contribution in [2.45, 2.75) is 38.5 Å². The molecule has 13 nitrogen and oxygen atoms in total. The van der Waals surface area contributed by atoms with Crippen LogP contribution in [0.5, 0.6) is 5.75 Å². The molecular weight excluding hydrogens is 525 g/mol. The van der Waals surface area contributed by atoms with Gasteiger partial charge in [-0.25, -0.2) is 19.2 Å². The van der Waals surface area contributed by atoms with Crippen LogP contribution in [0.25, 0.3) is 0 Å². The van der Waals surface area contributed by atoms with Crippen molar-refractivity contribution < 1.29 is 33.4 Å². The molecule has 210 valence electrons. The Kier molecular flexibility index (Phi) is 6.18. The maximum Gasteiger partial charge on any atom is 0.328 e. The minimum absolute atomic E-state index is 0.0259. The first-order chi connectivity index (χ1) is 19.1. The molecular formula is C26H28FN7O6. The smallest absolute Gasteiger partial charge is 0.328 e. The highest BCUT2D eigenvalue weighted by Crippen LogP contribution is 2.49. The number of urea groups is 1. The molecule has 1 spiro atoms. The van der Waals surface area contributed by atoms with Crippen molar-refractivity contribution in [3.8, 4) is 5.75 Å². The summed E-state index contributed by atoms with van der Waals surface area (Å²) in [5.41, 5.74) is -1.91. The van der Waals surface area contributed by atoms with Crippen molar-refractivity contribution in [2.75, 3.05) is 42.6 Å². The molecule has 4 aliphatic heterocycles. The molecule has 2 aromatic rings. The van der Waals surface area contributed by atoms with Gasteiger partial charge in [-0.2, -0.15) is 0 Å². The van der Waals surface area contributed by atoms with Crippen LogP contribution in [0, 0.1) is 16.6 Å². The van der Waals surface area contributed by atoms with Gasteiger partial charge < -0.3 is 24.4 Å². The minimum Gasteiger partial charge on any atom is -0.504 e. The van der Waals surface area contributed by atoms with Crippen LogP contribution in [0.3, 0.4) is 0 Å². The number of hydrogen-bond acceptors (Lipinski definition) is 11. The summed E-state index contributed by atoms with van der Waals surface area (Å²) in [6.07, 6.45) is 1.52. The molecule has 0 radical (unpaired) electrons. The lowest BCUT2D eigenvalue weighted by atomic mass is 9.66. The highest BCUT2D eigenvalue weighted by Gasteiger charge is 2.63. The molecule has 4 amide bonds. The lowest BCUT2D eigenvalue weighted by Crippen LogP contribution is -2.75. The molecule has 0 bridgehead atoms. The zero-order chi connectivity index (χ0) is 28.3. The van der Waals surface area contributed by atoms with Gasteiger partial charge in [0.2, 0.25) is 11.8 Å². The Labute approximate surface area is 228 Å². The fraction of sp³-hybridized carbons (Fsp3) is 0.462. The number of imide groups is 2. The van der Waals surface area contributed by atoms with Gasteiger partial charge in [-0.05, 0) is 25.5 Å². The molecule has 0 aliphatic carbocycles. The number of fused-ring (bicyclic) bond motifs is 4. The number of hydrogen-bond donors (Lipinski definition) is 4. The highest BCUT2D eigenvalue weighted by atomic mass is 19.1. The van der Waals surface area contributed by atoms with Gasteiger partial charge in [0.05, 0.1) is 55.3 Å². The van der Waals surface area contributed by atoms with Crippen LogP contribution in [0.4, 0.5) is 20.7 Å². The largest absolute Gasteiger partial charge is 0.504 e. The number of carbonyl (C=O) groups excluding carboxylic acids is 3. The van der Waals surface area contributed by atoms with Crippen molar-refractivity contribution in [3.63, 3.8) is 0 Å². The van der Waals surface area contributed by atoms with E-state index in [1.807, 2.05) is 4.90 Å². The monoisotopic (exact) mass is 553 g/mol. The second-order valence-electron chi connectivity index (χ2n) is 10.5. The van der Waals surface area contributed by atoms with E-state index >= 15 is 4.39 Å². The van der Waals surface area contributed by atoms with Gasteiger partial charge in [0.25, 0.3) is 0 Å². The Bertz CT molecular complexity index is 1410. The fourth-order valence-corrected chi connectivity index (χ4v) is 6.28. The van der Waals surface area contributed by atoms with E-state index in [9.17, 15) is 19.5 Å². The van der Waals surface area contributed by atoms with E-state index in [2.05, 4.69) is 20.6 Å². The van der Waals surface area contributed by atoms with E-state index in [4.69, 9.17) is 14.9 Å². The Morgan fingerprint density at radius 1 is 1.15 bits per heavy atom. The van der Waals surface area contributed by atoms with Gasteiger partial charge in [0.1, 0.15) is 11.5 Å². The van der Waals surface area contributed by atoms with E-state index in [1.54, 1.807) is 18.7 Å². The maximum atomic E-state index is 16.0. The third-order valence-corrected chi connectivity index (χ3v) is 8.00. The molecule has 0 saturated carbocycles. The Morgan fingerprint density at radius 2 is 1.85 bits per heavy atom. The Balaban J connectivity index is 1.42. The molecule has 3 fully saturated rings. The SMILES string of the molecule is CC1O[C@H](C)CN2c3c(cc(C(=N)c4cnc(N5CCOCC5)cn4)c(O)c3F)CC3(C(=O)NC(=O)NC3=O)C12. The summed E-state index contributed by atoms with van der Waals surface area (Å²) in [7, 11) is 0. The van der Waals surface area contributed by atoms with Crippen molar-refractivity contribution in [1.29, 1.82) is 5.41 Å². The number of morpholine rings is 2. The van der Waals surface area contributed by atoms with Gasteiger partial charge in [0.15, 0.2) is 17.0 Å². The zero-order valence-electron chi connectivity index (χ0n) is 21.9. The molecule has 14 heteroatoms. The first kappa shape index (κ1) is 26.1. The fourth-order valence-electron chi connectivity index (χ4n) is 6.28. The number of ether oxygens (including phenoxy) is 2. The topological polar surface area (TPSA) is 170 Å². The normalized spacial score (nSPS) is 25.7. The number of aromatic nitrogens is 2. The van der Waals surface area contributed by atoms with Crippen molar-refractivity contribution in [1.82, 2.24) is 20.6 Å². The molecule has 4 N–H and O–H groups in total. The van der Waals surface area contributed by atoms with Crippen LogP contribution in [0.2, 0.25) is 0 Å². The number of phenols is 1. The molecule has 2 unspecified atom stereocenters. The number of phenolic OH excluding ortho intramolecular Hbond substituents is 1. The molecule has 3 atom stereocenters. The summed E-state index contributed by atoms with van der Waals surface area (Å²) < 4.78 is 27.3. The molecule has 6 rings (SSSR count). The third kappa shape index (κ3) is 3.89. The van der Waals surface area contributed by atoms with Gasteiger partial charge in [-0.3, -0.25) is 25.6 Å². The number of nitrogens with zero attached hydrogens (tertiary/aromatic N) is 4. The van der Waals surface area contributed by atoms with E-state index in [1.165, 1.54) is 18.5 Å². The number of anilines is 2. The number of amides is 4. The molecule has 5 heterocycles. The average Bonchev–Trinajstić information content (AvgIpc) is 2.93. The summed E-state index contributed by atoms with van der Waals surface area (Å²) in [6.45, 7) is 6.01. The summed E-state index contributed by atoms with van der Waals surface area (Å²) in [5, 5.41) is 24.0. The van der Waals surface area contributed by atoms with Crippen molar-refractivity contribution in [3.05, 3.63) is 41.1 Å². The van der Waals surface area contributed by atoms with Crippen molar-refractivity contribution in [2.24, 2.45) is 5.41 Å². The van der Waals surface area contributed by atoms with Crippen LogP contribution in [0.1, 0.15) is 30.7 Å². The van der Waals surface area contributed by atoms with Crippen LogP contribution in [-0.4, -0.2) is 89.7 Å². The van der Waals surface area contributed by atoms with E-state index in [-0.39, 0.29) is 47.3 Å². The predicted molar refractivity (Wildman–Crippen MR) is 138 cm³/mol. The number of nitrogens with one attached hydrogen (secondary N) is 3. The number of barbiturate groups is 1. The Morgan fingerprint density at radius 3 is 2.50 bits per heavy atom. The number of aromatic hydroxyl groups is 1. The Hall–Kier alpha value is -4.17. The average molecular weight is 554 g/mol. The predicted octanol–water partition coefficient (Wildman–Crippen LogP) is 0.465. The van der Waals surface area contributed by atoms with Crippen LogP contribution in [0.15, 0.2) is 18.5 Å². The summed E-state index contributed by atoms with van der Waals surface area (Å²) in [5.74, 6) is -2.77. The number of carbonyl (C=O) groups is 3. The van der Waals surface area contributed by atoms with Crippen LogP contribution < -0.4 is 20.4 Å². The quantitative estimate of drug-likeness (QED) is 0.309. The highest BCUT2D eigenvalue weighted by molar-refractivity contribution is 6.20. The standard InChI is InChI=1S/C26H28FN7O6/c1-12-11-34-20-14(8-26(22(34)13(2)40-12)23(36)31-25(38)32-24(26)37)7-15(21(35)18(20)27)19(28)16-9-30-17(10-29-16)33-3-5-39-6-4-33/h7,9-10,12-13,22,28,35H,3-6,8,11H2,1-2H3,(H2,31,32,36,37,38)/t12-,13?,22?/m1/s1.